The fourth-order valence-electron chi connectivity index (χ4n) is 5.49. The second kappa shape index (κ2) is 8.25. The van der Waals surface area contributed by atoms with Gasteiger partial charge in [0.05, 0.1) is 11.3 Å². The third-order valence-corrected chi connectivity index (χ3v) is 7.19. The van der Waals surface area contributed by atoms with E-state index in [1.165, 1.54) is 5.56 Å². The molecule has 7 nitrogen and oxygen atoms in total. The Bertz CT molecular complexity index is 1300. The van der Waals surface area contributed by atoms with Crippen molar-refractivity contribution in [3.8, 4) is 0 Å². The lowest BCUT2D eigenvalue weighted by Crippen LogP contribution is -2.53. The zero-order valence-electron chi connectivity index (χ0n) is 18.9. The Hall–Kier alpha value is -3.71. The Kier molecular flexibility index (Phi) is 5.07. The first kappa shape index (κ1) is 20.9. The number of rotatable bonds is 4. The molecule has 0 radical (unpaired) electrons. The number of hydrogen-bond acceptors (Lipinski definition) is 5. The van der Waals surface area contributed by atoms with Gasteiger partial charge in [-0.2, -0.15) is 0 Å². The highest BCUT2D eigenvalue weighted by Gasteiger charge is 2.41. The summed E-state index contributed by atoms with van der Waals surface area (Å²) in [6.45, 7) is 4.72. The summed E-state index contributed by atoms with van der Waals surface area (Å²) in [5.41, 5.74) is 3.84. The highest BCUT2D eigenvalue weighted by molar-refractivity contribution is 6.28. The first-order chi connectivity index (χ1) is 16.6. The predicted molar refractivity (Wildman–Crippen MR) is 131 cm³/mol. The predicted octanol–water partition coefficient (Wildman–Crippen LogP) is 2.93. The molecule has 3 aliphatic rings. The van der Waals surface area contributed by atoms with E-state index in [4.69, 9.17) is 0 Å². The Morgan fingerprint density at radius 1 is 0.824 bits per heavy atom. The average molecular weight is 455 g/mol. The summed E-state index contributed by atoms with van der Waals surface area (Å²) in [5.74, 6) is -0.846. The number of piperidine rings is 1. The molecule has 3 aromatic rings. The van der Waals surface area contributed by atoms with Gasteiger partial charge in [-0.1, -0.05) is 42.5 Å². The number of nitrogens with zero attached hydrogens (tertiary/aromatic N) is 3. The topological polar surface area (TPSA) is 73.0 Å². The van der Waals surface area contributed by atoms with Crippen molar-refractivity contribution in [3.63, 3.8) is 0 Å². The fraction of sp³-hybridized carbons (Fsp3) is 0.296. The molecule has 7 heteroatoms. The highest BCUT2D eigenvalue weighted by atomic mass is 16.2. The van der Waals surface area contributed by atoms with Crippen LogP contribution in [0.25, 0.3) is 10.8 Å². The number of imide groups is 1. The summed E-state index contributed by atoms with van der Waals surface area (Å²) in [6.07, 6.45) is 0.585. The molecule has 34 heavy (non-hydrogen) atoms. The van der Waals surface area contributed by atoms with E-state index in [1.807, 2.05) is 30.3 Å². The Balaban J connectivity index is 1.27. The molecule has 3 amide bonds. The Labute approximate surface area is 197 Å². The van der Waals surface area contributed by atoms with Crippen molar-refractivity contribution in [1.29, 1.82) is 0 Å². The van der Waals surface area contributed by atoms with E-state index >= 15 is 0 Å². The number of carbonyl (C=O) groups excluding carboxylic acids is 3. The second-order valence-corrected chi connectivity index (χ2v) is 9.22. The Morgan fingerprint density at radius 3 is 2.38 bits per heavy atom. The lowest BCUT2D eigenvalue weighted by atomic mass is 10.0. The van der Waals surface area contributed by atoms with E-state index in [2.05, 4.69) is 45.4 Å². The molecule has 0 bridgehead atoms. The van der Waals surface area contributed by atoms with Gasteiger partial charge in [0.15, 0.2) is 0 Å². The zero-order chi connectivity index (χ0) is 23.2. The van der Waals surface area contributed by atoms with Crippen molar-refractivity contribution >= 4 is 39.9 Å². The smallest absolute Gasteiger partial charge is 0.259 e. The molecule has 1 unspecified atom stereocenters. The van der Waals surface area contributed by atoms with Gasteiger partial charge in [0.1, 0.15) is 6.04 Å². The van der Waals surface area contributed by atoms with Crippen LogP contribution in [0.2, 0.25) is 0 Å². The molecule has 3 aromatic carbocycles. The van der Waals surface area contributed by atoms with Gasteiger partial charge in [-0.05, 0) is 30.2 Å². The van der Waals surface area contributed by atoms with Crippen molar-refractivity contribution in [1.82, 2.24) is 10.2 Å². The minimum atomic E-state index is -0.659. The van der Waals surface area contributed by atoms with Crippen LogP contribution < -0.4 is 15.1 Å². The molecular weight excluding hydrogens is 428 g/mol. The maximum Gasteiger partial charge on any atom is 0.259 e. The molecule has 1 atom stereocenters. The number of carbonyl (C=O) groups is 3. The normalized spacial score (nSPS) is 20.8. The number of nitrogens with one attached hydrogen (secondary N) is 1. The lowest BCUT2D eigenvalue weighted by molar-refractivity contribution is -0.134. The minimum Gasteiger partial charge on any atom is -0.368 e. The molecule has 1 N–H and O–H groups in total. The molecule has 3 heterocycles. The SMILES string of the molecule is O=C1CCC(N2C(=O)c3ccc(N4CCN(Cc5ccccc5)CC4)c4cccc2c34)C(=O)N1. The van der Waals surface area contributed by atoms with E-state index in [0.717, 1.165) is 54.9 Å². The maximum atomic E-state index is 13.3. The van der Waals surface area contributed by atoms with Gasteiger partial charge in [0.2, 0.25) is 11.8 Å². The average Bonchev–Trinajstić information content (AvgIpc) is 3.14. The van der Waals surface area contributed by atoms with Gasteiger partial charge >= 0.3 is 0 Å². The number of piperazine rings is 1. The highest BCUT2D eigenvalue weighted by Crippen LogP contribution is 2.43. The second-order valence-electron chi connectivity index (χ2n) is 9.22. The third-order valence-electron chi connectivity index (χ3n) is 7.19. The lowest BCUT2D eigenvalue weighted by Gasteiger charge is -2.36. The maximum absolute atomic E-state index is 13.3. The van der Waals surface area contributed by atoms with Crippen molar-refractivity contribution in [2.75, 3.05) is 36.0 Å². The Morgan fingerprint density at radius 2 is 1.62 bits per heavy atom. The van der Waals surface area contributed by atoms with Crippen molar-refractivity contribution in [2.45, 2.75) is 25.4 Å². The van der Waals surface area contributed by atoms with Crippen LogP contribution >= 0.6 is 0 Å². The van der Waals surface area contributed by atoms with Crippen molar-refractivity contribution < 1.29 is 14.4 Å². The summed E-state index contributed by atoms with van der Waals surface area (Å²) in [6, 6.07) is 19.7. The molecule has 2 fully saturated rings. The van der Waals surface area contributed by atoms with Gasteiger partial charge in [-0.25, -0.2) is 0 Å². The van der Waals surface area contributed by atoms with Crippen LogP contribution in [0.15, 0.2) is 60.7 Å². The van der Waals surface area contributed by atoms with Crippen LogP contribution in [0, 0.1) is 0 Å². The van der Waals surface area contributed by atoms with Gasteiger partial charge < -0.3 is 4.90 Å². The molecule has 0 aromatic heterocycles. The number of hydrogen-bond donors (Lipinski definition) is 1. The fourth-order valence-corrected chi connectivity index (χ4v) is 5.49. The van der Waals surface area contributed by atoms with Gasteiger partial charge in [-0.15, -0.1) is 0 Å². The van der Waals surface area contributed by atoms with E-state index in [-0.39, 0.29) is 18.2 Å². The van der Waals surface area contributed by atoms with Crippen LogP contribution in [0.3, 0.4) is 0 Å². The first-order valence-electron chi connectivity index (χ1n) is 11.8. The van der Waals surface area contributed by atoms with Crippen molar-refractivity contribution in [2.24, 2.45) is 0 Å². The van der Waals surface area contributed by atoms with Crippen LogP contribution in [-0.2, 0) is 16.1 Å². The van der Waals surface area contributed by atoms with Crippen LogP contribution in [0.1, 0.15) is 28.8 Å². The van der Waals surface area contributed by atoms with Crippen LogP contribution in [-0.4, -0.2) is 54.8 Å². The number of amides is 3. The number of benzene rings is 3. The van der Waals surface area contributed by atoms with E-state index in [0.29, 0.717) is 12.0 Å². The van der Waals surface area contributed by atoms with E-state index < -0.39 is 11.9 Å². The summed E-state index contributed by atoms with van der Waals surface area (Å²) >= 11 is 0. The third kappa shape index (κ3) is 3.44. The van der Waals surface area contributed by atoms with Crippen molar-refractivity contribution in [3.05, 3.63) is 71.8 Å². The van der Waals surface area contributed by atoms with Gasteiger partial charge in [0, 0.05) is 55.6 Å². The van der Waals surface area contributed by atoms with Gasteiger partial charge in [0.25, 0.3) is 5.91 Å². The molecule has 0 saturated carbocycles. The quantitative estimate of drug-likeness (QED) is 0.614. The zero-order valence-corrected chi connectivity index (χ0v) is 18.9. The first-order valence-corrected chi connectivity index (χ1v) is 11.8. The summed E-state index contributed by atoms with van der Waals surface area (Å²) in [7, 11) is 0. The van der Waals surface area contributed by atoms with E-state index in [9.17, 15) is 14.4 Å². The summed E-state index contributed by atoms with van der Waals surface area (Å²) in [4.78, 5) is 44.0. The largest absolute Gasteiger partial charge is 0.368 e. The summed E-state index contributed by atoms with van der Waals surface area (Å²) < 4.78 is 0. The van der Waals surface area contributed by atoms with Crippen LogP contribution in [0.4, 0.5) is 11.4 Å². The minimum absolute atomic E-state index is 0.167. The molecule has 2 saturated heterocycles. The molecule has 172 valence electrons. The summed E-state index contributed by atoms with van der Waals surface area (Å²) in [5, 5.41) is 4.33. The van der Waals surface area contributed by atoms with E-state index in [1.54, 1.807) is 4.90 Å². The molecule has 0 aliphatic carbocycles. The molecular formula is C27H26N4O3. The van der Waals surface area contributed by atoms with Gasteiger partial charge in [-0.3, -0.25) is 29.5 Å². The molecule has 3 aliphatic heterocycles. The molecule has 6 rings (SSSR count). The number of anilines is 2. The van der Waals surface area contributed by atoms with Crippen LogP contribution in [0.5, 0.6) is 0 Å². The molecule has 0 spiro atoms. The monoisotopic (exact) mass is 454 g/mol. The standard InChI is InChI=1S/C27H26N4O3/c32-24-12-11-23(26(33)28-24)31-22-8-4-7-19-21(10-9-20(25(19)22)27(31)34)30-15-13-29(14-16-30)17-18-5-2-1-3-6-18/h1-10,23H,11-17H2,(H,28,32,33).